The molecule has 1 fully saturated rings. The minimum absolute atomic E-state index is 0.0305. The third-order valence-corrected chi connectivity index (χ3v) is 7.34. The number of aryl methyl sites for hydroxylation is 1. The third-order valence-electron chi connectivity index (χ3n) is 6.15. The van der Waals surface area contributed by atoms with Crippen LogP contribution in [0.3, 0.4) is 0 Å². The molecule has 0 radical (unpaired) electrons. The minimum Gasteiger partial charge on any atom is -0.497 e. The number of benzene rings is 2. The number of carbonyl (C=O) groups excluding carboxylic acids is 2. The van der Waals surface area contributed by atoms with Crippen molar-refractivity contribution in [2.24, 2.45) is 5.92 Å². The number of thiazole rings is 1. The topological polar surface area (TPSA) is 78.0 Å². The maximum absolute atomic E-state index is 13.3. The van der Waals surface area contributed by atoms with Gasteiger partial charge in [0.05, 0.1) is 27.0 Å². The molecule has 7 nitrogen and oxygen atoms in total. The van der Waals surface area contributed by atoms with Crippen molar-refractivity contribution in [3.8, 4) is 27.8 Å². The average Bonchev–Trinajstić information content (AvgIpc) is 3.29. The zero-order valence-corrected chi connectivity index (χ0v) is 20.6. The molecule has 0 spiro atoms. The van der Waals surface area contributed by atoms with Crippen LogP contribution in [0, 0.1) is 12.8 Å². The summed E-state index contributed by atoms with van der Waals surface area (Å²) in [6.45, 7) is 2.96. The van der Waals surface area contributed by atoms with Crippen LogP contribution >= 0.6 is 11.3 Å². The van der Waals surface area contributed by atoms with Crippen molar-refractivity contribution in [1.82, 2.24) is 9.88 Å². The van der Waals surface area contributed by atoms with Crippen molar-refractivity contribution in [2.75, 3.05) is 34.4 Å². The van der Waals surface area contributed by atoms with Gasteiger partial charge >= 0.3 is 0 Å². The van der Waals surface area contributed by atoms with Gasteiger partial charge in [0, 0.05) is 30.1 Å². The number of Topliss-reactive ketones (excluding diaryl/α,β-unsaturated/α-hetero) is 1. The highest BCUT2D eigenvalue weighted by molar-refractivity contribution is 7.17. The Balaban J connectivity index is 1.43. The molecule has 4 rings (SSSR count). The van der Waals surface area contributed by atoms with Crippen LogP contribution in [0.4, 0.5) is 0 Å². The predicted octanol–water partition coefficient (Wildman–Crippen LogP) is 4.88. The first-order valence-corrected chi connectivity index (χ1v) is 11.9. The summed E-state index contributed by atoms with van der Waals surface area (Å²) in [5, 5.41) is 0.756. The van der Waals surface area contributed by atoms with Gasteiger partial charge in [-0.2, -0.15) is 0 Å². The summed E-state index contributed by atoms with van der Waals surface area (Å²) in [6, 6.07) is 12.8. The van der Waals surface area contributed by atoms with E-state index in [0.717, 1.165) is 16.3 Å². The molecule has 0 bridgehead atoms. The summed E-state index contributed by atoms with van der Waals surface area (Å²) in [7, 11) is 4.79. The second-order valence-electron chi connectivity index (χ2n) is 8.16. The van der Waals surface area contributed by atoms with Gasteiger partial charge in [-0.1, -0.05) is 0 Å². The van der Waals surface area contributed by atoms with Crippen molar-refractivity contribution < 1.29 is 23.8 Å². The molecule has 1 aromatic heterocycles. The summed E-state index contributed by atoms with van der Waals surface area (Å²) in [6.07, 6.45) is 1.30. The van der Waals surface area contributed by atoms with Crippen molar-refractivity contribution in [3.63, 3.8) is 0 Å². The van der Waals surface area contributed by atoms with E-state index in [4.69, 9.17) is 14.2 Å². The van der Waals surface area contributed by atoms with E-state index in [2.05, 4.69) is 4.98 Å². The summed E-state index contributed by atoms with van der Waals surface area (Å²) < 4.78 is 15.9. The number of rotatable bonds is 7. The number of amides is 1. The van der Waals surface area contributed by atoms with Crippen molar-refractivity contribution in [2.45, 2.75) is 19.8 Å². The third kappa shape index (κ3) is 4.77. The van der Waals surface area contributed by atoms with Crippen LogP contribution in [0.1, 0.15) is 38.6 Å². The number of ether oxygens (including phenoxy) is 3. The molecule has 0 saturated carbocycles. The van der Waals surface area contributed by atoms with Crippen LogP contribution in [0.15, 0.2) is 42.5 Å². The Bertz CT molecular complexity index is 1180. The summed E-state index contributed by atoms with van der Waals surface area (Å²) in [5.41, 5.74) is 2.26. The molecule has 178 valence electrons. The predicted molar refractivity (Wildman–Crippen MR) is 131 cm³/mol. The normalized spacial score (nSPS) is 14.1. The molecular weight excluding hydrogens is 452 g/mol. The van der Waals surface area contributed by atoms with Gasteiger partial charge in [-0.15, -0.1) is 11.3 Å². The molecule has 2 heterocycles. The van der Waals surface area contributed by atoms with E-state index in [1.807, 2.05) is 30.0 Å². The lowest BCUT2D eigenvalue weighted by molar-refractivity contribution is 0.0653. The molecule has 0 aliphatic carbocycles. The quantitative estimate of drug-likeness (QED) is 0.449. The molecule has 1 amide bonds. The molecule has 0 atom stereocenters. The highest BCUT2D eigenvalue weighted by Crippen LogP contribution is 2.35. The Morgan fingerprint density at radius 2 is 1.62 bits per heavy atom. The average molecular weight is 481 g/mol. The number of hydrogen-bond acceptors (Lipinski definition) is 7. The van der Waals surface area contributed by atoms with Crippen LogP contribution in [0.25, 0.3) is 10.6 Å². The lowest BCUT2D eigenvalue weighted by Crippen LogP contribution is -2.40. The van der Waals surface area contributed by atoms with Gasteiger partial charge in [-0.25, -0.2) is 4.98 Å². The fourth-order valence-electron chi connectivity index (χ4n) is 4.17. The van der Waals surface area contributed by atoms with Gasteiger partial charge in [0.1, 0.15) is 15.6 Å². The zero-order valence-electron chi connectivity index (χ0n) is 19.8. The number of aromatic nitrogens is 1. The van der Waals surface area contributed by atoms with Crippen molar-refractivity contribution >= 4 is 23.0 Å². The largest absolute Gasteiger partial charge is 0.497 e. The standard InChI is InChI=1S/C26H28N2O5S/c1-16-24(34-25(27-16)19-7-10-21(32-3)22(15-19)33-4)26(30)28-13-11-18(12-14-28)23(29)17-5-8-20(31-2)9-6-17/h5-10,15,18H,11-14H2,1-4H3. The Morgan fingerprint density at radius 1 is 0.941 bits per heavy atom. The number of likely N-dealkylation sites (tertiary alicyclic amines) is 1. The first-order chi connectivity index (χ1) is 16.4. The Labute approximate surface area is 203 Å². The van der Waals surface area contributed by atoms with E-state index < -0.39 is 0 Å². The van der Waals surface area contributed by atoms with Gasteiger partial charge in [0.2, 0.25) is 0 Å². The summed E-state index contributed by atoms with van der Waals surface area (Å²) in [5.74, 6) is 2.00. The molecule has 0 N–H and O–H groups in total. The molecule has 3 aromatic rings. The van der Waals surface area contributed by atoms with Crippen LogP contribution in [0.5, 0.6) is 17.2 Å². The number of ketones is 1. The van der Waals surface area contributed by atoms with Gasteiger partial charge < -0.3 is 19.1 Å². The number of methoxy groups -OCH3 is 3. The molecule has 1 saturated heterocycles. The number of nitrogens with zero attached hydrogens (tertiary/aromatic N) is 2. The van der Waals surface area contributed by atoms with Gasteiger partial charge in [-0.05, 0) is 62.2 Å². The maximum atomic E-state index is 13.3. The monoisotopic (exact) mass is 480 g/mol. The fraction of sp³-hybridized carbons (Fsp3) is 0.346. The minimum atomic E-state index is -0.0812. The molecule has 1 aliphatic rings. The number of hydrogen-bond donors (Lipinski definition) is 0. The molecule has 34 heavy (non-hydrogen) atoms. The summed E-state index contributed by atoms with van der Waals surface area (Å²) in [4.78, 5) is 33.2. The highest BCUT2D eigenvalue weighted by atomic mass is 32.1. The molecule has 0 unspecified atom stereocenters. The first kappa shape index (κ1) is 23.8. The lowest BCUT2D eigenvalue weighted by atomic mass is 9.89. The SMILES string of the molecule is COc1ccc(C(=O)C2CCN(C(=O)c3sc(-c4ccc(OC)c(OC)c4)nc3C)CC2)cc1. The van der Waals surface area contributed by atoms with E-state index in [9.17, 15) is 9.59 Å². The molecule has 8 heteroatoms. The van der Waals surface area contributed by atoms with E-state index >= 15 is 0 Å². The highest BCUT2D eigenvalue weighted by Gasteiger charge is 2.30. The Hall–Kier alpha value is -3.39. The van der Waals surface area contributed by atoms with Crippen LogP contribution in [-0.4, -0.2) is 56.0 Å². The van der Waals surface area contributed by atoms with E-state index in [1.165, 1.54) is 11.3 Å². The fourth-order valence-corrected chi connectivity index (χ4v) is 5.20. The second kappa shape index (κ2) is 10.3. The van der Waals surface area contributed by atoms with Crippen LogP contribution < -0.4 is 14.2 Å². The lowest BCUT2D eigenvalue weighted by Gasteiger charge is -2.31. The molecule has 2 aromatic carbocycles. The van der Waals surface area contributed by atoms with E-state index in [1.54, 1.807) is 45.6 Å². The van der Waals surface area contributed by atoms with Gasteiger partial charge in [0.15, 0.2) is 17.3 Å². The number of piperidine rings is 1. The maximum Gasteiger partial charge on any atom is 0.265 e. The Morgan fingerprint density at radius 3 is 2.24 bits per heavy atom. The Kier molecular flexibility index (Phi) is 7.17. The van der Waals surface area contributed by atoms with Gasteiger partial charge in [0.25, 0.3) is 5.91 Å². The van der Waals surface area contributed by atoms with Crippen molar-refractivity contribution in [1.29, 1.82) is 0 Å². The zero-order chi connectivity index (χ0) is 24.2. The number of carbonyl (C=O) groups is 2. The van der Waals surface area contributed by atoms with Crippen LogP contribution in [0.2, 0.25) is 0 Å². The van der Waals surface area contributed by atoms with Crippen molar-refractivity contribution in [3.05, 3.63) is 58.6 Å². The van der Waals surface area contributed by atoms with E-state index in [-0.39, 0.29) is 17.6 Å². The smallest absolute Gasteiger partial charge is 0.265 e. The van der Waals surface area contributed by atoms with Gasteiger partial charge in [-0.3, -0.25) is 9.59 Å². The van der Waals surface area contributed by atoms with Crippen LogP contribution in [-0.2, 0) is 0 Å². The second-order valence-corrected chi connectivity index (χ2v) is 9.16. The molecular formula is C26H28N2O5S. The first-order valence-electron chi connectivity index (χ1n) is 11.1. The molecule has 1 aliphatic heterocycles. The van der Waals surface area contributed by atoms with E-state index in [0.29, 0.717) is 53.6 Å². The summed E-state index contributed by atoms with van der Waals surface area (Å²) >= 11 is 1.38.